The Balaban J connectivity index is 0.000000298. The third-order valence-corrected chi connectivity index (χ3v) is 7.85. The van der Waals surface area contributed by atoms with Crippen LogP contribution in [0, 0.1) is 5.92 Å². The SMILES string of the molecule is CC1CCN(CCCF)C1.COc1ccc(C2=C(c3ccc(C(C)C)cc3)c3ccc(N)cc3CCC2)cn1. The predicted octanol–water partition coefficient (Wildman–Crippen LogP) is 7.78. The first-order valence-corrected chi connectivity index (χ1v) is 14.4. The molecule has 5 rings (SSSR count). The average molecular weight is 530 g/mol. The highest BCUT2D eigenvalue weighted by Gasteiger charge is 2.21. The number of nitrogens with two attached hydrogens (primary N) is 1. The number of hydrogen-bond acceptors (Lipinski definition) is 4. The molecule has 5 heteroatoms. The lowest BCUT2D eigenvalue weighted by atomic mass is 9.87. The van der Waals surface area contributed by atoms with Gasteiger partial charge in [-0.2, -0.15) is 0 Å². The van der Waals surface area contributed by atoms with Gasteiger partial charge in [0.2, 0.25) is 5.88 Å². The molecule has 39 heavy (non-hydrogen) atoms. The second-order valence-corrected chi connectivity index (χ2v) is 11.2. The van der Waals surface area contributed by atoms with Gasteiger partial charge in [0.25, 0.3) is 0 Å². The van der Waals surface area contributed by atoms with Gasteiger partial charge in [-0.05, 0) is 108 Å². The fourth-order valence-corrected chi connectivity index (χ4v) is 5.65. The van der Waals surface area contributed by atoms with E-state index in [1.807, 2.05) is 18.3 Å². The van der Waals surface area contributed by atoms with Crippen LogP contribution in [0.4, 0.5) is 10.1 Å². The number of aryl methyl sites for hydroxylation is 1. The van der Waals surface area contributed by atoms with E-state index in [-0.39, 0.29) is 6.67 Å². The van der Waals surface area contributed by atoms with Crippen molar-refractivity contribution < 1.29 is 9.13 Å². The topological polar surface area (TPSA) is 51.4 Å². The molecule has 1 aromatic heterocycles. The van der Waals surface area contributed by atoms with E-state index in [0.29, 0.717) is 18.2 Å². The summed E-state index contributed by atoms with van der Waals surface area (Å²) < 4.78 is 17.0. The van der Waals surface area contributed by atoms with E-state index in [1.165, 1.54) is 52.9 Å². The van der Waals surface area contributed by atoms with Crippen molar-refractivity contribution in [1.82, 2.24) is 9.88 Å². The molecule has 2 N–H and O–H groups in total. The zero-order valence-electron chi connectivity index (χ0n) is 24.1. The monoisotopic (exact) mass is 529 g/mol. The van der Waals surface area contributed by atoms with Gasteiger partial charge < -0.3 is 15.4 Å². The van der Waals surface area contributed by atoms with Crippen molar-refractivity contribution in [2.24, 2.45) is 5.92 Å². The van der Waals surface area contributed by atoms with Crippen molar-refractivity contribution in [3.8, 4) is 5.88 Å². The highest BCUT2D eigenvalue weighted by atomic mass is 19.1. The number of fused-ring (bicyclic) bond motifs is 1. The molecule has 208 valence electrons. The van der Waals surface area contributed by atoms with E-state index in [4.69, 9.17) is 10.5 Å². The minimum atomic E-state index is -0.162. The molecule has 0 bridgehead atoms. The summed E-state index contributed by atoms with van der Waals surface area (Å²) in [4.78, 5) is 6.81. The lowest BCUT2D eigenvalue weighted by Gasteiger charge is -2.17. The second-order valence-electron chi connectivity index (χ2n) is 11.2. The van der Waals surface area contributed by atoms with E-state index < -0.39 is 0 Å². The molecule has 2 aliphatic rings. The summed E-state index contributed by atoms with van der Waals surface area (Å²) in [5, 5.41) is 0. The van der Waals surface area contributed by atoms with Gasteiger partial charge in [-0.1, -0.05) is 51.1 Å². The number of anilines is 1. The number of alkyl halides is 1. The van der Waals surface area contributed by atoms with Crippen molar-refractivity contribution in [1.29, 1.82) is 0 Å². The highest BCUT2D eigenvalue weighted by Crippen LogP contribution is 2.40. The van der Waals surface area contributed by atoms with Gasteiger partial charge in [0.05, 0.1) is 13.8 Å². The maximum absolute atomic E-state index is 11.7. The summed E-state index contributed by atoms with van der Waals surface area (Å²) in [5.41, 5.74) is 15.9. The van der Waals surface area contributed by atoms with Crippen molar-refractivity contribution in [3.63, 3.8) is 0 Å². The summed E-state index contributed by atoms with van der Waals surface area (Å²) >= 11 is 0. The summed E-state index contributed by atoms with van der Waals surface area (Å²) in [7, 11) is 1.65. The van der Waals surface area contributed by atoms with E-state index in [9.17, 15) is 4.39 Å². The zero-order chi connectivity index (χ0) is 27.8. The Morgan fingerprint density at radius 2 is 1.82 bits per heavy atom. The number of ether oxygens (including phenoxy) is 1. The molecule has 1 aliphatic carbocycles. The molecule has 3 aromatic rings. The fourth-order valence-electron chi connectivity index (χ4n) is 5.65. The lowest BCUT2D eigenvalue weighted by molar-refractivity contribution is 0.304. The normalized spacial score (nSPS) is 17.4. The quantitative estimate of drug-likeness (QED) is 0.318. The highest BCUT2D eigenvalue weighted by molar-refractivity contribution is 6.00. The number of hydrogen-bond donors (Lipinski definition) is 1. The van der Waals surface area contributed by atoms with Crippen LogP contribution in [0.25, 0.3) is 11.1 Å². The van der Waals surface area contributed by atoms with Gasteiger partial charge in [0.1, 0.15) is 0 Å². The third-order valence-electron chi connectivity index (χ3n) is 7.85. The number of rotatable bonds is 7. The predicted molar refractivity (Wildman–Crippen MR) is 162 cm³/mol. The fraction of sp³-hybridized carbons (Fsp3) is 0.441. The lowest BCUT2D eigenvalue weighted by Crippen LogP contribution is -2.21. The first kappa shape index (κ1) is 28.8. The van der Waals surface area contributed by atoms with Crippen LogP contribution in [-0.4, -0.2) is 43.3 Å². The molecule has 1 aliphatic heterocycles. The van der Waals surface area contributed by atoms with Gasteiger partial charge >= 0.3 is 0 Å². The van der Waals surface area contributed by atoms with Crippen molar-refractivity contribution >= 4 is 16.8 Å². The Morgan fingerprint density at radius 3 is 2.44 bits per heavy atom. The minimum absolute atomic E-state index is 0.162. The summed E-state index contributed by atoms with van der Waals surface area (Å²) in [5.74, 6) is 1.99. The molecule has 1 atom stereocenters. The van der Waals surface area contributed by atoms with Crippen LogP contribution in [0.2, 0.25) is 0 Å². The van der Waals surface area contributed by atoms with Crippen LogP contribution in [0.5, 0.6) is 5.88 Å². The Hall–Kier alpha value is -3.18. The van der Waals surface area contributed by atoms with Crippen molar-refractivity contribution in [3.05, 3.63) is 88.6 Å². The number of aromatic nitrogens is 1. The Kier molecular flexibility index (Phi) is 10.2. The maximum Gasteiger partial charge on any atom is 0.212 e. The van der Waals surface area contributed by atoms with Crippen LogP contribution in [-0.2, 0) is 6.42 Å². The van der Waals surface area contributed by atoms with Crippen LogP contribution >= 0.6 is 0 Å². The Morgan fingerprint density at radius 1 is 1.05 bits per heavy atom. The molecule has 0 saturated carbocycles. The van der Waals surface area contributed by atoms with Crippen LogP contribution in [0.3, 0.4) is 0 Å². The number of methoxy groups -OCH3 is 1. The van der Waals surface area contributed by atoms with E-state index in [2.05, 4.69) is 73.1 Å². The molecule has 0 radical (unpaired) electrons. The number of likely N-dealkylation sites (tertiary alicyclic amines) is 1. The number of pyridine rings is 1. The Labute approximate surface area is 234 Å². The second kappa shape index (κ2) is 13.7. The van der Waals surface area contributed by atoms with Crippen LogP contribution in [0.1, 0.15) is 80.2 Å². The van der Waals surface area contributed by atoms with Crippen LogP contribution in [0.15, 0.2) is 60.8 Å². The van der Waals surface area contributed by atoms with Gasteiger partial charge in [0.15, 0.2) is 0 Å². The Bertz CT molecular complexity index is 1230. The molecule has 1 saturated heterocycles. The number of allylic oxidation sites excluding steroid dienone is 1. The van der Waals surface area contributed by atoms with Crippen molar-refractivity contribution in [2.45, 2.75) is 58.8 Å². The van der Waals surface area contributed by atoms with Gasteiger partial charge in [-0.15, -0.1) is 0 Å². The summed E-state index contributed by atoms with van der Waals surface area (Å²) in [6.45, 7) is 9.88. The number of nitrogen functional groups attached to an aromatic ring is 1. The minimum Gasteiger partial charge on any atom is -0.481 e. The van der Waals surface area contributed by atoms with E-state index in [0.717, 1.165) is 43.0 Å². The molecule has 0 spiro atoms. The molecule has 2 aromatic carbocycles. The largest absolute Gasteiger partial charge is 0.481 e. The summed E-state index contributed by atoms with van der Waals surface area (Å²) in [6.07, 6.45) is 7.06. The molecule has 1 unspecified atom stereocenters. The molecule has 1 fully saturated rings. The van der Waals surface area contributed by atoms with Gasteiger partial charge in [0, 0.05) is 31.0 Å². The zero-order valence-corrected chi connectivity index (χ0v) is 24.1. The standard InChI is InChI=1S/C26H28N2O.C8H16FN/c1-17(2)18-7-9-19(10-8-18)26-23(21-11-14-25(29-3)28-16-21)6-4-5-20-15-22(27)12-13-24(20)26;1-8-3-6-10(7-8)5-2-4-9/h7-17H,4-6,27H2,1-3H3;8H,2-7H2,1H3. The molecular weight excluding hydrogens is 485 g/mol. The first-order valence-electron chi connectivity index (χ1n) is 14.4. The summed E-state index contributed by atoms with van der Waals surface area (Å²) in [6, 6.07) is 19.4. The van der Waals surface area contributed by atoms with E-state index >= 15 is 0 Å². The van der Waals surface area contributed by atoms with Crippen molar-refractivity contribution in [2.75, 3.05) is 39.2 Å². The molecular formula is C34H44FN3O. The molecule has 4 nitrogen and oxygen atoms in total. The van der Waals surface area contributed by atoms with Gasteiger partial charge in [-0.3, -0.25) is 4.39 Å². The van der Waals surface area contributed by atoms with E-state index in [1.54, 1.807) is 7.11 Å². The molecule has 2 heterocycles. The van der Waals surface area contributed by atoms with Crippen LogP contribution < -0.4 is 10.5 Å². The average Bonchev–Trinajstić information content (AvgIpc) is 3.28. The number of halogens is 1. The maximum atomic E-state index is 11.7. The number of benzene rings is 2. The first-order chi connectivity index (χ1) is 18.9. The smallest absolute Gasteiger partial charge is 0.212 e. The van der Waals surface area contributed by atoms with Gasteiger partial charge in [-0.25, -0.2) is 4.98 Å². The number of nitrogens with zero attached hydrogens (tertiary/aromatic N) is 2. The molecule has 0 amide bonds. The third kappa shape index (κ3) is 7.48.